The Balaban J connectivity index is 1.23. The molecule has 0 amide bonds. The monoisotopic (exact) mass is 533 g/mol. The van der Waals surface area contributed by atoms with Gasteiger partial charge in [0.25, 0.3) is 10.0 Å². The Labute approximate surface area is 222 Å². The van der Waals surface area contributed by atoms with Crippen molar-refractivity contribution in [3.63, 3.8) is 0 Å². The second kappa shape index (κ2) is 9.67. The van der Waals surface area contributed by atoms with Crippen LogP contribution in [0.2, 0.25) is 0 Å². The molecule has 3 aromatic heterocycles. The van der Waals surface area contributed by atoms with Gasteiger partial charge < -0.3 is 15.7 Å². The lowest BCUT2D eigenvalue weighted by atomic mass is 9.93. The molecule has 11 heteroatoms. The molecule has 0 saturated heterocycles. The summed E-state index contributed by atoms with van der Waals surface area (Å²) in [7, 11) is -3.45. The average Bonchev–Trinajstić information content (AvgIpc) is 3.83. The fourth-order valence-electron chi connectivity index (χ4n) is 4.49. The van der Waals surface area contributed by atoms with Gasteiger partial charge in [0.15, 0.2) is 5.82 Å². The number of aromatic nitrogens is 5. The number of nitrogens with one attached hydrogen (secondary N) is 2. The SMILES string of the molecule is CC1(C#Cc2cnc(Nc3ccnc(-c4cnn(S(=O)(=O)C5CC5)c4)n3)cc2N[C@H]2CC[C@@H](O)CC2)CC1. The Kier molecular flexibility index (Phi) is 6.32. The standard InChI is InChI=1S/C27H31N7O3S/c1-27(11-12-27)10-8-18-15-29-25(14-23(18)31-20-2-4-21(35)5-3-20)32-24-9-13-28-26(33-24)19-16-30-34(17-19)38(36,37)22-6-7-22/h9,13-17,20-22,35H,2-7,11-12H2,1H3,(H2,28,29,31,32,33)/t20-,21+. The Morgan fingerprint density at radius 2 is 1.87 bits per heavy atom. The van der Waals surface area contributed by atoms with E-state index in [1.807, 2.05) is 6.07 Å². The largest absolute Gasteiger partial charge is 0.393 e. The van der Waals surface area contributed by atoms with Crippen LogP contribution in [0.15, 0.2) is 36.9 Å². The van der Waals surface area contributed by atoms with Gasteiger partial charge in [-0.2, -0.15) is 9.19 Å². The molecular weight excluding hydrogens is 502 g/mol. The second-order valence-electron chi connectivity index (χ2n) is 10.8. The van der Waals surface area contributed by atoms with Crippen molar-refractivity contribution >= 4 is 27.3 Å². The van der Waals surface area contributed by atoms with Crippen molar-refractivity contribution < 1.29 is 13.5 Å². The van der Waals surface area contributed by atoms with Crippen LogP contribution >= 0.6 is 0 Å². The fourth-order valence-corrected chi connectivity index (χ4v) is 5.97. The number of rotatable bonds is 7. The minimum absolute atomic E-state index is 0.103. The molecule has 3 aliphatic rings. The van der Waals surface area contributed by atoms with E-state index in [2.05, 4.69) is 49.4 Å². The predicted molar refractivity (Wildman–Crippen MR) is 144 cm³/mol. The van der Waals surface area contributed by atoms with Gasteiger partial charge in [0.05, 0.1) is 40.6 Å². The minimum atomic E-state index is -3.45. The summed E-state index contributed by atoms with van der Waals surface area (Å²) < 4.78 is 26.0. The van der Waals surface area contributed by atoms with E-state index in [-0.39, 0.29) is 22.8 Å². The summed E-state index contributed by atoms with van der Waals surface area (Å²) in [5.41, 5.74) is 2.38. The van der Waals surface area contributed by atoms with Crippen molar-refractivity contribution in [2.75, 3.05) is 10.6 Å². The first-order valence-corrected chi connectivity index (χ1v) is 14.7. The van der Waals surface area contributed by atoms with E-state index in [4.69, 9.17) is 0 Å². The van der Waals surface area contributed by atoms with Gasteiger partial charge in [-0.15, -0.1) is 0 Å². The molecule has 0 bridgehead atoms. The third-order valence-corrected chi connectivity index (χ3v) is 9.43. The van der Waals surface area contributed by atoms with Gasteiger partial charge in [-0.1, -0.05) is 11.8 Å². The van der Waals surface area contributed by atoms with E-state index in [0.29, 0.717) is 35.9 Å². The predicted octanol–water partition coefficient (Wildman–Crippen LogP) is 3.69. The molecule has 3 saturated carbocycles. The highest BCUT2D eigenvalue weighted by Gasteiger charge is 2.38. The van der Waals surface area contributed by atoms with E-state index in [1.54, 1.807) is 18.5 Å². The number of aliphatic hydroxyl groups excluding tert-OH is 1. The molecule has 38 heavy (non-hydrogen) atoms. The molecular formula is C27H31N7O3S. The zero-order valence-electron chi connectivity index (χ0n) is 21.3. The molecule has 3 aromatic rings. The number of aliphatic hydroxyl groups is 1. The van der Waals surface area contributed by atoms with Crippen molar-refractivity contribution in [3.8, 4) is 23.2 Å². The van der Waals surface area contributed by atoms with Crippen LogP contribution in [0.25, 0.3) is 11.4 Å². The molecule has 3 heterocycles. The maximum Gasteiger partial charge on any atom is 0.256 e. The normalized spacial score (nSPS) is 22.3. The van der Waals surface area contributed by atoms with Gasteiger partial charge >= 0.3 is 0 Å². The highest BCUT2D eigenvalue weighted by atomic mass is 32.2. The highest BCUT2D eigenvalue weighted by molar-refractivity contribution is 7.90. The van der Waals surface area contributed by atoms with E-state index >= 15 is 0 Å². The molecule has 10 nitrogen and oxygen atoms in total. The zero-order chi connectivity index (χ0) is 26.3. The minimum Gasteiger partial charge on any atom is -0.393 e. The van der Waals surface area contributed by atoms with Crippen LogP contribution in [-0.2, 0) is 10.0 Å². The molecule has 3 aliphatic carbocycles. The zero-order valence-corrected chi connectivity index (χ0v) is 22.1. The summed E-state index contributed by atoms with van der Waals surface area (Å²) >= 11 is 0. The summed E-state index contributed by atoms with van der Waals surface area (Å²) in [5, 5.41) is 20.4. The molecule has 0 spiro atoms. The lowest BCUT2D eigenvalue weighted by Gasteiger charge is -2.27. The number of hydrogen-bond acceptors (Lipinski definition) is 9. The topological polar surface area (TPSA) is 135 Å². The molecule has 0 radical (unpaired) electrons. The van der Waals surface area contributed by atoms with Crippen LogP contribution in [-0.4, -0.2) is 55.1 Å². The Morgan fingerprint density at radius 3 is 2.61 bits per heavy atom. The van der Waals surface area contributed by atoms with E-state index in [1.165, 1.54) is 12.4 Å². The molecule has 0 aliphatic heterocycles. The summed E-state index contributed by atoms with van der Waals surface area (Å²) in [5.74, 6) is 8.21. The lowest BCUT2D eigenvalue weighted by molar-refractivity contribution is 0.126. The van der Waals surface area contributed by atoms with Crippen LogP contribution in [0.5, 0.6) is 0 Å². The van der Waals surface area contributed by atoms with Crippen LogP contribution in [0.1, 0.15) is 63.9 Å². The van der Waals surface area contributed by atoms with E-state index < -0.39 is 10.0 Å². The average molecular weight is 534 g/mol. The molecule has 198 valence electrons. The lowest BCUT2D eigenvalue weighted by Crippen LogP contribution is -2.28. The summed E-state index contributed by atoms with van der Waals surface area (Å²) in [4.78, 5) is 13.4. The smallest absolute Gasteiger partial charge is 0.256 e. The molecule has 0 unspecified atom stereocenters. The molecule has 3 N–H and O–H groups in total. The first-order valence-electron chi connectivity index (χ1n) is 13.1. The van der Waals surface area contributed by atoms with Crippen molar-refractivity contribution in [1.82, 2.24) is 24.1 Å². The second-order valence-corrected chi connectivity index (χ2v) is 12.9. The Hall–Kier alpha value is -3.49. The van der Waals surface area contributed by atoms with Gasteiger partial charge in [-0.3, -0.25) is 0 Å². The quantitative estimate of drug-likeness (QED) is 0.389. The van der Waals surface area contributed by atoms with E-state index in [9.17, 15) is 13.5 Å². The summed E-state index contributed by atoms with van der Waals surface area (Å²) in [6.07, 6.45) is 13.1. The van der Waals surface area contributed by atoms with Crippen LogP contribution in [0.4, 0.5) is 17.3 Å². The van der Waals surface area contributed by atoms with Gasteiger partial charge in [-0.25, -0.2) is 23.4 Å². The fraction of sp³-hybridized carbons (Fsp3) is 0.481. The van der Waals surface area contributed by atoms with Crippen molar-refractivity contribution in [2.45, 2.75) is 75.7 Å². The molecule has 3 fully saturated rings. The van der Waals surface area contributed by atoms with Gasteiger partial charge in [0.1, 0.15) is 11.6 Å². The Morgan fingerprint density at radius 1 is 1.08 bits per heavy atom. The van der Waals surface area contributed by atoms with Crippen LogP contribution < -0.4 is 10.6 Å². The third-order valence-electron chi connectivity index (χ3n) is 7.40. The first-order chi connectivity index (χ1) is 18.3. The first kappa shape index (κ1) is 24.8. The third kappa shape index (κ3) is 5.51. The number of hydrogen-bond donors (Lipinski definition) is 3. The van der Waals surface area contributed by atoms with Crippen molar-refractivity contribution in [2.24, 2.45) is 5.41 Å². The van der Waals surface area contributed by atoms with Gasteiger partial charge in [-0.05, 0) is 64.4 Å². The summed E-state index contributed by atoms with van der Waals surface area (Å²) in [6, 6.07) is 3.93. The van der Waals surface area contributed by atoms with Crippen LogP contribution in [0.3, 0.4) is 0 Å². The highest BCUT2D eigenvalue weighted by Crippen LogP contribution is 2.44. The molecule has 0 atom stereocenters. The number of anilines is 3. The number of pyridine rings is 1. The van der Waals surface area contributed by atoms with Gasteiger partial charge in [0.2, 0.25) is 0 Å². The summed E-state index contributed by atoms with van der Waals surface area (Å²) in [6.45, 7) is 2.18. The van der Waals surface area contributed by atoms with Crippen LogP contribution in [0, 0.1) is 17.3 Å². The maximum atomic E-state index is 12.5. The maximum absolute atomic E-state index is 12.5. The number of nitrogens with zero attached hydrogens (tertiary/aromatic N) is 5. The molecule has 6 rings (SSSR count). The Bertz CT molecular complexity index is 1510. The van der Waals surface area contributed by atoms with Gasteiger partial charge in [0, 0.05) is 29.9 Å². The molecule has 0 aromatic carbocycles. The van der Waals surface area contributed by atoms with Crippen molar-refractivity contribution in [3.05, 3.63) is 42.5 Å². The van der Waals surface area contributed by atoms with E-state index in [0.717, 1.165) is 53.9 Å². The van der Waals surface area contributed by atoms with Crippen molar-refractivity contribution in [1.29, 1.82) is 0 Å².